The minimum absolute atomic E-state index is 0.212. The maximum Gasteiger partial charge on any atom is 0.478 e. The smallest absolute Gasteiger partial charge is 0.302 e. The first-order valence-electron chi connectivity index (χ1n) is 14.9. The SMILES string of the molecule is CC(C)=CCOP(=O)(OCC=C(C)C)OCC=C(C)C.CC(C)=CCOP(=O)(OCC=C(C)C)OCC=C(C)C.O=P(O)(O)OP(=O)(O)O. The van der Waals surface area contributed by atoms with Crippen LogP contribution in [0.2, 0.25) is 0 Å². The summed E-state index contributed by atoms with van der Waals surface area (Å²) in [7, 11) is -17.1. The summed E-state index contributed by atoms with van der Waals surface area (Å²) in [6, 6.07) is 0. The molecule has 0 spiro atoms. The molecule has 0 bridgehead atoms. The second-order valence-corrected chi connectivity index (χ2v) is 17.4. The van der Waals surface area contributed by atoms with Crippen molar-refractivity contribution in [3.05, 3.63) is 69.9 Å². The van der Waals surface area contributed by atoms with E-state index in [2.05, 4.69) is 4.31 Å². The van der Waals surface area contributed by atoms with Crippen LogP contribution in [0, 0.1) is 0 Å². The Morgan fingerprint density at radius 2 is 0.510 bits per heavy atom. The van der Waals surface area contributed by atoms with E-state index in [1.807, 2.05) is 120 Å². The average Bonchev–Trinajstić information content (AvgIpc) is 2.86. The van der Waals surface area contributed by atoms with Crippen molar-refractivity contribution >= 4 is 31.3 Å². The Labute approximate surface area is 292 Å². The predicted octanol–water partition coefficient (Wildman–Crippen LogP) is 9.27. The Morgan fingerprint density at radius 1 is 0.367 bits per heavy atom. The maximum absolute atomic E-state index is 12.4. The topological polar surface area (TPSA) is 214 Å². The first-order valence-corrected chi connectivity index (χ1v) is 20.9. The lowest BCUT2D eigenvalue weighted by Gasteiger charge is -2.16. The summed E-state index contributed by atoms with van der Waals surface area (Å²) >= 11 is 0. The molecule has 0 aliphatic rings. The predicted molar refractivity (Wildman–Crippen MR) is 193 cm³/mol. The van der Waals surface area contributed by atoms with Crippen molar-refractivity contribution in [2.45, 2.75) is 83.1 Å². The van der Waals surface area contributed by atoms with Crippen LogP contribution >= 0.6 is 31.3 Å². The zero-order chi connectivity index (χ0) is 38.9. The van der Waals surface area contributed by atoms with E-state index in [1.165, 1.54) is 0 Å². The summed E-state index contributed by atoms with van der Waals surface area (Å²) in [6.45, 7) is 24.6. The zero-order valence-electron chi connectivity index (χ0n) is 30.8. The van der Waals surface area contributed by atoms with Gasteiger partial charge in [0.05, 0.1) is 39.6 Å². The number of hydrogen-bond acceptors (Lipinski definition) is 11. The minimum Gasteiger partial charge on any atom is -0.302 e. The molecule has 0 heterocycles. The molecule has 0 atom stereocenters. The molecule has 19 heteroatoms. The quantitative estimate of drug-likeness (QED) is 0.0669. The van der Waals surface area contributed by atoms with E-state index in [4.69, 9.17) is 46.7 Å². The fourth-order valence-electron chi connectivity index (χ4n) is 2.13. The molecule has 0 rings (SSSR count). The van der Waals surface area contributed by atoms with Gasteiger partial charge in [0.2, 0.25) is 0 Å². The molecule has 288 valence electrons. The third kappa shape index (κ3) is 43.0. The first kappa shape index (κ1) is 52.3. The lowest BCUT2D eigenvalue weighted by Crippen LogP contribution is -2.02. The summed E-state index contributed by atoms with van der Waals surface area (Å²) < 4.78 is 78.7. The molecular formula is C30H58O15P4. The van der Waals surface area contributed by atoms with Crippen molar-refractivity contribution in [2.24, 2.45) is 0 Å². The Hall–Kier alpha value is -1.08. The van der Waals surface area contributed by atoms with Gasteiger partial charge in [0.1, 0.15) is 0 Å². The van der Waals surface area contributed by atoms with Gasteiger partial charge in [0, 0.05) is 0 Å². The molecule has 0 amide bonds. The summed E-state index contributed by atoms with van der Waals surface area (Å²) in [4.78, 5) is 31.0. The van der Waals surface area contributed by atoms with Gasteiger partial charge in [-0.1, -0.05) is 69.9 Å². The van der Waals surface area contributed by atoms with Gasteiger partial charge in [-0.3, -0.25) is 27.1 Å². The van der Waals surface area contributed by atoms with Gasteiger partial charge < -0.3 is 19.6 Å². The van der Waals surface area contributed by atoms with Gasteiger partial charge in [0.15, 0.2) is 0 Å². The van der Waals surface area contributed by atoms with Crippen molar-refractivity contribution in [1.82, 2.24) is 0 Å². The minimum atomic E-state index is -5.05. The van der Waals surface area contributed by atoms with Gasteiger partial charge in [-0.15, -0.1) is 0 Å². The van der Waals surface area contributed by atoms with E-state index in [0.717, 1.165) is 33.4 Å². The summed E-state index contributed by atoms with van der Waals surface area (Å²) in [5, 5.41) is 0. The number of phosphoric acid groups is 4. The van der Waals surface area contributed by atoms with E-state index in [0.29, 0.717) is 0 Å². The molecule has 0 unspecified atom stereocenters. The van der Waals surface area contributed by atoms with Crippen LogP contribution < -0.4 is 0 Å². The molecule has 15 nitrogen and oxygen atoms in total. The molecule has 4 N–H and O–H groups in total. The molecule has 0 aromatic heterocycles. The van der Waals surface area contributed by atoms with Crippen LogP contribution in [0.1, 0.15) is 83.1 Å². The normalized spacial score (nSPS) is 11.4. The summed E-state index contributed by atoms with van der Waals surface area (Å²) in [6.07, 6.45) is 11.0. The number of rotatable bonds is 20. The molecule has 0 radical (unpaired) electrons. The van der Waals surface area contributed by atoms with Crippen LogP contribution in [-0.4, -0.2) is 59.2 Å². The largest absolute Gasteiger partial charge is 0.478 e. The third-order valence-electron chi connectivity index (χ3n) is 4.56. The van der Waals surface area contributed by atoms with E-state index >= 15 is 0 Å². The van der Waals surface area contributed by atoms with E-state index in [-0.39, 0.29) is 39.6 Å². The molecule has 0 saturated carbocycles. The molecule has 0 aromatic rings. The molecule has 0 aromatic carbocycles. The van der Waals surface area contributed by atoms with Crippen molar-refractivity contribution in [2.75, 3.05) is 39.6 Å². The molecule has 0 fully saturated rings. The second kappa shape index (κ2) is 27.6. The average molecular weight is 783 g/mol. The van der Waals surface area contributed by atoms with Gasteiger partial charge in [-0.05, 0) is 83.1 Å². The lowest BCUT2D eigenvalue weighted by molar-refractivity contribution is 0.139. The molecule has 49 heavy (non-hydrogen) atoms. The Kier molecular flexibility index (Phi) is 29.4. The third-order valence-corrected chi connectivity index (χ3v) is 9.05. The van der Waals surface area contributed by atoms with Crippen molar-refractivity contribution in [3.63, 3.8) is 0 Å². The number of allylic oxidation sites excluding steroid dienone is 6. The number of phosphoric ester groups is 2. The zero-order valence-corrected chi connectivity index (χ0v) is 34.4. The van der Waals surface area contributed by atoms with E-state index < -0.39 is 31.3 Å². The summed E-state index contributed by atoms with van der Waals surface area (Å²) in [5.41, 5.74) is 6.53. The van der Waals surface area contributed by atoms with Gasteiger partial charge >= 0.3 is 31.3 Å². The van der Waals surface area contributed by atoms with Crippen LogP contribution in [0.3, 0.4) is 0 Å². The van der Waals surface area contributed by atoms with Crippen molar-refractivity contribution < 1.29 is 69.3 Å². The fraction of sp³-hybridized carbons (Fsp3) is 0.600. The standard InChI is InChI=1S/2C15H27O4P.H4O7P2/c2*1-13(2)7-10-17-20(16,18-11-8-14(3)4)19-12-9-15(5)6;1-8(2,3)7-9(4,5)6/h2*7-9H,10-12H2,1-6H3;(H2,1,2,3)(H2,4,5,6). The van der Waals surface area contributed by atoms with Gasteiger partial charge in [-0.25, -0.2) is 18.3 Å². The molecule has 0 aliphatic carbocycles. The number of hydrogen-bond donors (Lipinski definition) is 4. The molecule has 0 saturated heterocycles. The maximum atomic E-state index is 12.4. The Balaban J connectivity index is -0.000000695. The van der Waals surface area contributed by atoms with Crippen LogP contribution in [0.15, 0.2) is 69.9 Å². The highest BCUT2D eigenvalue weighted by atomic mass is 31.3. The van der Waals surface area contributed by atoms with Crippen LogP contribution in [0.5, 0.6) is 0 Å². The second-order valence-electron chi connectivity index (χ2n) is 11.4. The van der Waals surface area contributed by atoms with Crippen molar-refractivity contribution in [1.29, 1.82) is 0 Å². The van der Waals surface area contributed by atoms with E-state index in [9.17, 15) is 18.3 Å². The van der Waals surface area contributed by atoms with Gasteiger partial charge in [-0.2, -0.15) is 4.31 Å². The van der Waals surface area contributed by atoms with Crippen molar-refractivity contribution in [3.8, 4) is 0 Å². The highest BCUT2D eigenvalue weighted by Crippen LogP contribution is 2.54. The lowest BCUT2D eigenvalue weighted by atomic mass is 10.3. The Bertz CT molecular complexity index is 1090. The van der Waals surface area contributed by atoms with Gasteiger partial charge in [0.25, 0.3) is 0 Å². The fourth-order valence-corrected chi connectivity index (χ4v) is 5.23. The monoisotopic (exact) mass is 782 g/mol. The summed E-state index contributed by atoms with van der Waals surface area (Å²) in [5.74, 6) is 0. The molecule has 0 aliphatic heterocycles. The highest BCUT2D eigenvalue weighted by Gasteiger charge is 2.28. The first-order chi connectivity index (χ1) is 22.2. The van der Waals surface area contributed by atoms with Crippen LogP contribution in [0.25, 0.3) is 0 Å². The molecular weight excluding hydrogens is 724 g/mol. The van der Waals surface area contributed by atoms with E-state index in [1.54, 1.807) is 0 Å². The van der Waals surface area contributed by atoms with Crippen LogP contribution in [0.4, 0.5) is 0 Å². The van der Waals surface area contributed by atoms with Crippen LogP contribution in [-0.2, 0) is 49.7 Å². The Morgan fingerprint density at radius 3 is 0.592 bits per heavy atom. The highest BCUT2D eigenvalue weighted by molar-refractivity contribution is 7.60.